The third-order valence-electron chi connectivity index (χ3n) is 5.20. The van der Waals surface area contributed by atoms with Gasteiger partial charge in [-0.1, -0.05) is 0 Å². The van der Waals surface area contributed by atoms with Crippen molar-refractivity contribution in [2.45, 2.75) is 32.7 Å². The number of hydrogen-bond acceptors (Lipinski definition) is 5. The van der Waals surface area contributed by atoms with Crippen LogP contribution in [0.2, 0.25) is 0 Å². The molecule has 2 fully saturated rings. The summed E-state index contributed by atoms with van der Waals surface area (Å²) in [6, 6.07) is -0.134. The number of carbonyl (C=O) groups excluding carboxylic acids is 2. The first-order valence-electron chi connectivity index (χ1n) is 9.15. The largest absolute Gasteiger partial charge is 0.380 e. The van der Waals surface area contributed by atoms with Gasteiger partial charge in [0.05, 0.1) is 18.6 Å². The summed E-state index contributed by atoms with van der Waals surface area (Å²) in [6.07, 6.45) is 1.66. The first kappa shape index (κ1) is 19.1. The smallest absolute Gasteiger partial charge is 0.239 e. The van der Waals surface area contributed by atoms with Gasteiger partial charge >= 0.3 is 0 Å². The molecule has 2 atom stereocenters. The van der Waals surface area contributed by atoms with Gasteiger partial charge in [0.1, 0.15) is 0 Å². The highest BCUT2D eigenvalue weighted by Crippen LogP contribution is 2.18. The van der Waals surface area contributed by atoms with Gasteiger partial charge < -0.3 is 15.4 Å². The van der Waals surface area contributed by atoms with Crippen LogP contribution in [0.1, 0.15) is 26.7 Å². The van der Waals surface area contributed by atoms with Crippen LogP contribution in [-0.4, -0.2) is 91.6 Å². The summed E-state index contributed by atoms with van der Waals surface area (Å²) in [7, 11) is 0. The number of piperidine rings is 1. The quantitative estimate of drug-likeness (QED) is 0.647. The molecule has 0 radical (unpaired) electrons. The molecule has 0 saturated carbocycles. The number of primary amides is 1. The maximum absolute atomic E-state index is 12.8. The fourth-order valence-corrected chi connectivity index (χ4v) is 3.54. The summed E-state index contributed by atoms with van der Waals surface area (Å²) in [5.74, 6) is -0.350. The molecule has 0 aromatic carbocycles. The van der Waals surface area contributed by atoms with Gasteiger partial charge in [0, 0.05) is 52.4 Å². The highest BCUT2D eigenvalue weighted by Gasteiger charge is 2.32. The Kier molecular flexibility index (Phi) is 7.45. The lowest BCUT2D eigenvalue weighted by atomic mass is 9.97. The normalized spacial score (nSPS) is 24.8. The molecule has 2 amide bonds. The van der Waals surface area contributed by atoms with Crippen molar-refractivity contribution in [2.24, 2.45) is 11.7 Å². The van der Waals surface area contributed by atoms with Crippen LogP contribution in [0.15, 0.2) is 0 Å². The summed E-state index contributed by atoms with van der Waals surface area (Å²) >= 11 is 0. The van der Waals surface area contributed by atoms with Crippen molar-refractivity contribution >= 4 is 11.8 Å². The van der Waals surface area contributed by atoms with E-state index in [1.165, 1.54) is 0 Å². The van der Waals surface area contributed by atoms with Crippen LogP contribution in [0.4, 0.5) is 0 Å². The van der Waals surface area contributed by atoms with Crippen LogP contribution in [0, 0.1) is 5.92 Å². The molecule has 2 N–H and O–H groups in total. The molecule has 0 unspecified atom stereocenters. The summed E-state index contributed by atoms with van der Waals surface area (Å²) in [5.41, 5.74) is 5.41. The summed E-state index contributed by atoms with van der Waals surface area (Å²) < 4.78 is 5.40. The van der Waals surface area contributed by atoms with E-state index in [0.29, 0.717) is 6.54 Å². The van der Waals surface area contributed by atoms with Crippen LogP contribution in [-0.2, 0) is 14.3 Å². The fraction of sp³-hybridized carbons (Fsp3) is 0.882. The molecule has 0 bridgehead atoms. The highest BCUT2D eigenvalue weighted by atomic mass is 16.5. The lowest BCUT2D eigenvalue weighted by molar-refractivity contribution is -0.140. The average Bonchev–Trinajstić information content (AvgIpc) is 2.61. The summed E-state index contributed by atoms with van der Waals surface area (Å²) in [4.78, 5) is 30.6. The van der Waals surface area contributed by atoms with E-state index in [9.17, 15) is 9.59 Å². The molecule has 2 aliphatic rings. The van der Waals surface area contributed by atoms with E-state index in [4.69, 9.17) is 10.5 Å². The summed E-state index contributed by atoms with van der Waals surface area (Å²) in [5, 5.41) is 0. The highest BCUT2D eigenvalue weighted by molar-refractivity contribution is 5.83. The van der Waals surface area contributed by atoms with Gasteiger partial charge in [-0.2, -0.15) is 0 Å². The van der Waals surface area contributed by atoms with Gasteiger partial charge in [0.2, 0.25) is 11.8 Å². The van der Waals surface area contributed by atoms with Crippen molar-refractivity contribution in [3.05, 3.63) is 0 Å². The average molecular weight is 340 g/mol. The van der Waals surface area contributed by atoms with Gasteiger partial charge in [-0.05, 0) is 26.7 Å². The van der Waals surface area contributed by atoms with Gasteiger partial charge in [0.15, 0.2) is 0 Å². The Morgan fingerprint density at radius 3 is 2.54 bits per heavy atom. The minimum Gasteiger partial charge on any atom is -0.380 e. The van der Waals surface area contributed by atoms with Gasteiger partial charge in [0.25, 0.3) is 0 Å². The Morgan fingerprint density at radius 2 is 1.92 bits per heavy atom. The number of nitrogens with zero attached hydrogens (tertiary/aromatic N) is 3. The molecule has 2 rings (SSSR count). The Labute approximate surface area is 145 Å². The second kappa shape index (κ2) is 9.34. The Bertz CT molecular complexity index is 424. The third-order valence-corrected chi connectivity index (χ3v) is 5.20. The first-order valence-corrected chi connectivity index (χ1v) is 9.15. The predicted molar refractivity (Wildman–Crippen MR) is 92.5 cm³/mol. The monoisotopic (exact) mass is 340 g/mol. The number of ether oxygens (including phenoxy) is 1. The second-order valence-corrected chi connectivity index (χ2v) is 6.78. The zero-order valence-corrected chi connectivity index (χ0v) is 15.1. The molecule has 0 spiro atoms. The molecule has 2 saturated heterocycles. The minimum atomic E-state index is -0.289. The van der Waals surface area contributed by atoms with Crippen molar-refractivity contribution < 1.29 is 14.3 Å². The van der Waals surface area contributed by atoms with E-state index in [1.54, 1.807) is 0 Å². The molecular formula is C17H32N4O3. The number of carbonyl (C=O) groups is 2. The maximum Gasteiger partial charge on any atom is 0.239 e. The van der Waals surface area contributed by atoms with Crippen molar-refractivity contribution in [3.63, 3.8) is 0 Å². The lowest BCUT2D eigenvalue weighted by Gasteiger charge is -2.40. The van der Waals surface area contributed by atoms with Crippen LogP contribution < -0.4 is 5.73 Å². The Balaban J connectivity index is 1.78. The molecule has 2 heterocycles. The van der Waals surface area contributed by atoms with Crippen molar-refractivity contribution in [2.75, 3.05) is 59.0 Å². The van der Waals surface area contributed by atoms with Crippen molar-refractivity contribution in [1.82, 2.24) is 14.7 Å². The molecule has 24 heavy (non-hydrogen) atoms. The van der Waals surface area contributed by atoms with Crippen molar-refractivity contribution in [3.8, 4) is 0 Å². The first-order chi connectivity index (χ1) is 11.5. The fourth-order valence-electron chi connectivity index (χ4n) is 3.54. The van der Waals surface area contributed by atoms with Crippen LogP contribution in [0.3, 0.4) is 0 Å². The van der Waals surface area contributed by atoms with E-state index in [0.717, 1.165) is 65.3 Å². The minimum absolute atomic E-state index is 0.128. The molecule has 2 aliphatic heterocycles. The van der Waals surface area contributed by atoms with E-state index in [2.05, 4.69) is 9.80 Å². The second-order valence-electron chi connectivity index (χ2n) is 6.78. The lowest BCUT2D eigenvalue weighted by Crippen LogP contribution is -2.56. The molecule has 7 heteroatoms. The molecule has 7 nitrogen and oxygen atoms in total. The van der Waals surface area contributed by atoms with Crippen LogP contribution in [0.25, 0.3) is 0 Å². The Morgan fingerprint density at radius 1 is 1.21 bits per heavy atom. The number of nitrogens with two attached hydrogens (primary N) is 1. The molecule has 0 aromatic rings. The number of piperazine rings is 1. The maximum atomic E-state index is 12.8. The number of rotatable bonds is 7. The van der Waals surface area contributed by atoms with Gasteiger partial charge in [-0.3, -0.25) is 19.4 Å². The third kappa shape index (κ3) is 5.16. The van der Waals surface area contributed by atoms with E-state index in [-0.39, 0.29) is 23.8 Å². The van der Waals surface area contributed by atoms with Crippen molar-refractivity contribution in [1.29, 1.82) is 0 Å². The Hall–Kier alpha value is -1.18. The number of hydrogen-bond donors (Lipinski definition) is 1. The van der Waals surface area contributed by atoms with Crippen LogP contribution in [0.5, 0.6) is 0 Å². The zero-order chi connectivity index (χ0) is 17.5. The predicted octanol–water partition coefficient (Wildman–Crippen LogP) is -0.247. The molecule has 0 aromatic heterocycles. The van der Waals surface area contributed by atoms with E-state index in [1.807, 2.05) is 18.7 Å². The standard InChI is InChI=1S/C17H32N4O3/c1-3-24-12-11-19-7-9-20(10-8-19)14(2)17(23)21-6-4-5-15(13-21)16(18)22/h14-15H,3-13H2,1-2H3,(H2,18,22)/t14-,15+/m0/s1. The number of likely N-dealkylation sites (tertiary alicyclic amines) is 1. The number of amides is 2. The molecule has 0 aliphatic carbocycles. The van der Waals surface area contributed by atoms with Gasteiger partial charge in [-0.25, -0.2) is 0 Å². The topological polar surface area (TPSA) is 79.1 Å². The van der Waals surface area contributed by atoms with Gasteiger partial charge in [-0.15, -0.1) is 0 Å². The zero-order valence-electron chi connectivity index (χ0n) is 15.1. The van der Waals surface area contributed by atoms with E-state index < -0.39 is 0 Å². The molecule has 138 valence electrons. The van der Waals surface area contributed by atoms with E-state index >= 15 is 0 Å². The summed E-state index contributed by atoms with van der Waals surface area (Å²) in [6.45, 7) is 11.4. The SMILES string of the molecule is CCOCCN1CCN([C@@H](C)C(=O)N2CCC[C@@H](C(N)=O)C2)CC1. The molecular weight excluding hydrogens is 308 g/mol. The van der Waals surface area contributed by atoms with Crippen LogP contribution >= 0.6 is 0 Å².